The molecule has 1 aromatic rings. The van der Waals surface area contributed by atoms with Crippen LogP contribution in [-0.2, 0) is 6.54 Å². The van der Waals surface area contributed by atoms with Crippen molar-refractivity contribution in [3.05, 3.63) is 29.8 Å². The summed E-state index contributed by atoms with van der Waals surface area (Å²) in [6.45, 7) is 3.34. The molecule has 1 aromatic carbocycles. The predicted octanol–water partition coefficient (Wildman–Crippen LogP) is 3.74. The van der Waals surface area contributed by atoms with Gasteiger partial charge in [-0.2, -0.15) is 0 Å². The molecule has 0 aromatic heterocycles. The molecule has 0 aliphatic heterocycles. The first kappa shape index (κ1) is 13.4. The maximum Gasteiger partial charge on any atom is 0.0345 e. The molecule has 1 fully saturated rings. The lowest BCUT2D eigenvalue weighted by molar-refractivity contribution is 0.402. The van der Waals surface area contributed by atoms with Crippen molar-refractivity contribution in [1.82, 2.24) is 4.90 Å². The van der Waals surface area contributed by atoms with Crippen molar-refractivity contribution < 1.29 is 0 Å². The highest BCUT2D eigenvalue weighted by Gasteiger charge is 2.21. The second kappa shape index (κ2) is 6.24. The first-order valence-electron chi connectivity index (χ1n) is 7.15. The predicted molar refractivity (Wildman–Crippen MR) is 78.9 cm³/mol. The zero-order valence-corrected chi connectivity index (χ0v) is 11.9. The molecule has 1 N–H and O–H groups in total. The molecule has 1 aliphatic carbocycles. The van der Waals surface area contributed by atoms with Crippen LogP contribution in [-0.4, -0.2) is 25.0 Å². The average molecular weight is 246 g/mol. The maximum absolute atomic E-state index is 3.68. The van der Waals surface area contributed by atoms with Gasteiger partial charge in [-0.15, -0.1) is 0 Å². The number of nitrogens with zero attached hydrogens (tertiary/aromatic N) is 1. The topological polar surface area (TPSA) is 15.3 Å². The van der Waals surface area contributed by atoms with Crippen molar-refractivity contribution in [2.24, 2.45) is 5.92 Å². The minimum atomic E-state index is 0.599. The van der Waals surface area contributed by atoms with E-state index in [2.05, 4.69) is 55.5 Å². The fourth-order valence-corrected chi connectivity index (χ4v) is 2.96. The van der Waals surface area contributed by atoms with Gasteiger partial charge < -0.3 is 10.2 Å². The van der Waals surface area contributed by atoms with Gasteiger partial charge >= 0.3 is 0 Å². The molecular formula is C16H26N2. The van der Waals surface area contributed by atoms with E-state index in [4.69, 9.17) is 0 Å². The van der Waals surface area contributed by atoms with Crippen LogP contribution < -0.4 is 5.32 Å². The van der Waals surface area contributed by atoms with E-state index in [1.165, 1.54) is 36.9 Å². The van der Waals surface area contributed by atoms with Crippen LogP contribution in [0.5, 0.6) is 0 Å². The fraction of sp³-hybridized carbons (Fsp3) is 0.625. The van der Waals surface area contributed by atoms with E-state index in [1.54, 1.807) is 0 Å². The Bertz CT molecular complexity index is 367. The molecule has 2 rings (SSSR count). The molecule has 2 heteroatoms. The first-order chi connectivity index (χ1) is 8.65. The molecule has 1 atom stereocenters. The molecule has 0 amide bonds. The summed E-state index contributed by atoms with van der Waals surface area (Å²) >= 11 is 0. The van der Waals surface area contributed by atoms with E-state index in [-0.39, 0.29) is 0 Å². The molecule has 100 valence electrons. The lowest BCUT2D eigenvalue weighted by Gasteiger charge is -2.22. The lowest BCUT2D eigenvalue weighted by atomic mass is 9.99. The third-order valence-corrected chi connectivity index (χ3v) is 3.93. The third-order valence-electron chi connectivity index (χ3n) is 3.93. The summed E-state index contributed by atoms with van der Waals surface area (Å²) in [5.41, 5.74) is 2.65. The molecule has 0 radical (unpaired) electrons. The van der Waals surface area contributed by atoms with Crippen LogP contribution >= 0.6 is 0 Å². The van der Waals surface area contributed by atoms with Crippen LogP contribution in [0.2, 0.25) is 0 Å². The smallest absolute Gasteiger partial charge is 0.0345 e. The summed E-state index contributed by atoms with van der Waals surface area (Å²) in [6, 6.07) is 9.42. The van der Waals surface area contributed by atoms with Gasteiger partial charge in [-0.1, -0.05) is 25.0 Å². The van der Waals surface area contributed by atoms with E-state index >= 15 is 0 Å². The molecule has 1 aliphatic rings. The largest absolute Gasteiger partial charge is 0.382 e. The summed E-state index contributed by atoms with van der Waals surface area (Å²) < 4.78 is 0. The van der Waals surface area contributed by atoms with Gasteiger partial charge in [0.1, 0.15) is 0 Å². The summed E-state index contributed by atoms with van der Waals surface area (Å²) in [7, 11) is 4.22. The van der Waals surface area contributed by atoms with Gasteiger partial charge in [-0.05, 0) is 57.5 Å². The summed E-state index contributed by atoms with van der Waals surface area (Å²) in [4.78, 5) is 2.21. The van der Waals surface area contributed by atoms with Crippen LogP contribution in [0.3, 0.4) is 0 Å². The number of benzene rings is 1. The fourth-order valence-electron chi connectivity index (χ4n) is 2.96. The van der Waals surface area contributed by atoms with Crippen molar-refractivity contribution in [3.8, 4) is 0 Å². The number of hydrogen-bond donors (Lipinski definition) is 1. The Morgan fingerprint density at radius 1 is 1.28 bits per heavy atom. The van der Waals surface area contributed by atoms with E-state index in [0.717, 1.165) is 12.5 Å². The van der Waals surface area contributed by atoms with Crippen molar-refractivity contribution in [2.45, 2.75) is 45.2 Å². The average Bonchev–Trinajstić information content (AvgIpc) is 2.81. The number of anilines is 1. The van der Waals surface area contributed by atoms with Crippen LogP contribution in [0, 0.1) is 5.92 Å². The Kier molecular flexibility index (Phi) is 4.65. The quantitative estimate of drug-likeness (QED) is 0.851. The van der Waals surface area contributed by atoms with Crippen molar-refractivity contribution in [3.63, 3.8) is 0 Å². The zero-order chi connectivity index (χ0) is 13.0. The minimum absolute atomic E-state index is 0.599. The van der Waals surface area contributed by atoms with Gasteiger partial charge in [0.05, 0.1) is 0 Å². The van der Waals surface area contributed by atoms with E-state index < -0.39 is 0 Å². The highest BCUT2D eigenvalue weighted by Crippen LogP contribution is 2.29. The Hall–Kier alpha value is -1.02. The highest BCUT2D eigenvalue weighted by molar-refractivity contribution is 5.46. The SMILES string of the molecule is CC(Nc1cccc(CN(C)C)c1)C1CCCC1. The van der Waals surface area contributed by atoms with Gasteiger partial charge in [0.15, 0.2) is 0 Å². The Morgan fingerprint density at radius 2 is 2.00 bits per heavy atom. The van der Waals surface area contributed by atoms with Crippen LogP contribution in [0.25, 0.3) is 0 Å². The molecule has 1 saturated carbocycles. The number of rotatable bonds is 5. The monoisotopic (exact) mass is 246 g/mol. The lowest BCUT2D eigenvalue weighted by Crippen LogP contribution is -2.23. The van der Waals surface area contributed by atoms with Gasteiger partial charge in [0.2, 0.25) is 0 Å². The van der Waals surface area contributed by atoms with Gasteiger partial charge in [-0.3, -0.25) is 0 Å². The van der Waals surface area contributed by atoms with Crippen molar-refractivity contribution in [2.75, 3.05) is 19.4 Å². The summed E-state index contributed by atoms with van der Waals surface area (Å²) in [5.74, 6) is 0.863. The molecule has 18 heavy (non-hydrogen) atoms. The van der Waals surface area contributed by atoms with E-state index in [0.29, 0.717) is 6.04 Å². The Morgan fingerprint density at radius 3 is 2.67 bits per heavy atom. The molecule has 1 unspecified atom stereocenters. The second-order valence-electron chi connectivity index (χ2n) is 5.92. The molecule has 0 heterocycles. The van der Waals surface area contributed by atoms with Crippen LogP contribution in [0.15, 0.2) is 24.3 Å². The molecule has 0 bridgehead atoms. The van der Waals surface area contributed by atoms with Crippen LogP contribution in [0.4, 0.5) is 5.69 Å². The summed E-state index contributed by atoms with van der Waals surface area (Å²) in [6.07, 6.45) is 5.62. The molecule has 0 spiro atoms. The van der Waals surface area contributed by atoms with E-state index in [1.807, 2.05) is 0 Å². The number of nitrogens with one attached hydrogen (secondary N) is 1. The molecule has 0 saturated heterocycles. The van der Waals surface area contributed by atoms with Crippen molar-refractivity contribution >= 4 is 5.69 Å². The summed E-state index contributed by atoms with van der Waals surface area (Å²) in [5, 5.41) is 3.68. The first-order valence-corrected chi connectivity index (χ1v) is 7.15. The Labute approximate surface area is 111 Å². The van der Waals surface area contributed by atoms with Gasteiger partial charge in [0.25, 0.3) is 0 Å². The van der Waals surface area contributed by atoms with Crippen molar-refractivity contribution in [1.29, 1.82) is 0 Å². The maximum atomic E-state index is 3.68. The molecule has 2 nitrogen and oxygen atoms in total. The normalized spacial score (nSPS) is 18.2. The third kappa shape index (κ3) is 3.74. The minimum Gasteiger partial charge on any atom is -0.382 e. The highest BCUT2D eigenvalue weighted by atomic mass is 15.0. The van der Waals surface area contributed by atoms with E-state index in [9.17, 15) is 0 Å². The number of hydrogen-bond acceptors (Lipinski definition) is 2. The second-order valence-corrected chi connectivity index (χ2v) is 5.92. The standard InChI is InChI=1S/C16H26N2/c1-13(15-8-4-5-9-15)17-16-10-6-7-14(11-16)12-18(2)3/h6-7,10-11,13,15,17H,4-5,8-9,12H2,1-3H3. The van der Waals surface area contributed by atoms with Gasteiger partial charge in [-0.25, -0.2) is 0 Å². The van der Waals surface area contributed by atoms with Gasteiger partial charge in [0, 0.05) is 18.3 Å². The Balaban J connectivity index is 1.95. The molecular weight excluding hydrogens is 220 g/mol. The van der Waals surface area contributed by atoms with Crippen LogP contribution in [0.1, 0.15) is 38.2 Å². The zero-order valence-electron chi connectivity index (χ0n) is 11.9.